The minimum atomic E-state index is -0.352. The molecular weight excluding hydrogens is 250 g/mol. The average Bonchev–Trinajstić information content (AvgIpc) is 2.47. The van der Waals surface area contributed by atoms with Gasteiger partial charge in [-0.3, -0.25) is 4.79 Å². The third kappa shape index (κ3) is 4.69. The Kier molecular flexibility index (Phi) is 5.07. The molecule has 3 nitrogen and oxygen atoms in total. The number of nitrogens with one attached hydrogen (secondary N) is 1. The zero-order valence-corrected chi connectivity index (χ0v) is 11.2. The van der Waals surface area contributed by atoms with Crippen molar-refractivity contribution in [3.8, 4) is 0 Å². The van der Waals surface area contributed by atoms with Crippen LogP contribution in [0.15, 0.2) is 60.7 Å². The van der Waals surface area contributed by atoms with Gasteiger partial charge in [0.15, 0.2) is 0 Å². The summed E-state index contributed by atoms with van der Waals surface area (Å²) in [4.78, 5) is 11.7. The lowest BCUT2D eigenvalue weighted by Crippen LogP contribution is -2.12. The van der Waals surface area contributed by atoms with Crippen LogP contribution in [0, 0.1) is 5.41 Å². The smallest absolute Gasteiger partial charge is 0.311 e. The van der Waals surface area contributed by atoms with Crippen LogP contribution in [0.4, 0.5) is 0 Å². The zero-order valence-electron chi connectivity index (χ0n) is 11.2. The van der Waals surface area contributed by atoms with Gasteiger partial charge in [-0.05, 0) is 11.1 Å². The van der Waals surface area contributed by atoms with Crippen LogP contribution >= 0.6 is 0 Å². The maximum Gasteiger partial charge on any atom is 0.311 e. The highest BCUT2D eigenvalue weighted by Crippen LogP contribution is 2.05. The molecule has 20 heavy (non-hydrogen) atoms. The highest BCUT2D eigenvalue weighted by molar-refractivity contribution is 5.98. The van der Waals surface area contributed by atoms with Crippen LogP contribution in [-0.4, -0.2) is 11.7 Å². The van der Waals surface area contributed by atoms with Crippen molar-refractivity contribution in [3.05, 3.63) is 71.8 Å². The molecule has 1 N–H and O–H groups in total. The Morgan fingerprint density at radius 3 is 2.05 bits per heavy atom. The fourth-order valence-electron chi connectivity index (χ4n) is 1.87. The van der Waals surface area contributed by atoms with Crippen molar-refractivity contribution in [2.24, 2.45) is 0 Å². The van der Waals surface area contributed by atoms with E-state index in [4.69, 9.17) is 10.1 Å². The number of benzene rings is 2. The molecule has 2 rings (SSSR count). The summed E-state index contributed by atoms with van der Waals surface area (Å²) in [6.07, 6.45) is 0.531. The van der Waals surface area contributed by atoms with E-state index in [-0.39, 0.29) is 19.0 Å². The molecule has 0 bridgehead atoms. The third-order valence-corrected chi connectivity index (χ3v) is 2.86. The van der Waals surface area contributed by atoms with Gasteiger partial charge in [0, 0.05) is 12.1 Å². The lowest BCUT2D eigenvalue weighted by Gasteiger charge is -2.06. The molecule has 0 aliphatic heterocycles. The van der Waals surface area contributed by atoms with Crippen LogP contribution < -0.4 is 0 Å². The highest BCUT2D eigenvalue weighted by atomic mass is 16.5. The van der Waals surface area contributed by atoms with Crippen molar-refractivity contribution < 1.29 is 9.53 Å². The Bertz CT molecular complexity index is 564. The Morgan fingerprint density at radius 1 is 0.900 bits per heavy atom. The molecular formula is C17H17NO2. The van der Waals surface area contributed by atoms with E-state index in [0.717, 1.165) is 11.1 Å². The van der Waals surface area contributed by atoms with Crippen molar-refractivity contribution in [3.63, 3.8) is 0 Å². The molecule has 0 atom stereocenters. The minimum Gasteiger partial charge on any atom is -0.461 e. The summed E-state index contributed by atoms with van der Waals surface area (Å²) in [5, 5.41) is 7.84. The number of rotatable bonds is 6. The van der Waals surface area contributed by atoms with Gasteiger partial charge in [0.2, 0.25) is 0 Å². The molecule has 0 heterocycles. The molecule has 0 unspecified atom stereocenters. The van der Waals surface area contributed by atoms with E-state index >= 15 is 0 Å². The first kappa shape index (κ1) is 14.0. The monoisotopic (exact) mass is 267 g/mol. The Morgan fingerprint density at radius 2 is 1.45 bits per heavy atom. The van der Waals surface area contributed by atoms with Crippen molar-refractivity contribution in [2.45, 2.75) is 19.4 Å². The first-order chi connectivity index (χ1) is 9.74. The fraction of sp³-hybridized carbons (Fsp3) is 0.176. The van der Waals surface area contributed by atoms with Crippen molar-refractivity contribution >= 4 is 11.7 Å². The van der Waals surface area contributed by atoms with E-state index < -0.39 is 0 Å². The van der Waals surface area contributed by atoms with Crippen LogP contribution in [-0.2, 0) is 22.6 Å². The predicted molar refractivity (Wildman–Crippen MR) is 78.7 cm³/mol. The van der Waals surface area contributed by atoms with Gasteiger partial charge in [-0.2, -0.15) is 0 Å². The predicted octanol–water partition coefficient (Wildman–Crippen LogP) is 3.38. The maximum absolute atomic E-state index is 11.7. The number of hydrogen-bond donors (Lipinski definition) is 1. The fourth-order valence-corrected chi connectivity index (χ4v) is 1.87. The van der Waals surface area contributed by atoms with Gasteiger partial charge < -0.3 is 10.1 Å². The second-order valence-corrected chi connectivity index (χ2v) is 4.59. The summed E-state index contributed by atoms with van der Waals surface area (Å²) >= 11 is 0. The molecule has 0 saturated heterocycles. The molecule has 0 radical (unpaired) electrons. The lowest BCUT2D eigenvalue weighted by atomic mass is 10.1. The number of hydrogen-bond acceptors (Lipinski definition) is 3. The Hall–Kier alpha value is -2.42. The molecule has 2 aromatic rings. The molecule has 0 saturated carbocycles. The first-order valence-electron chi connectivity index (χ1n) is 6.54. The summed E-state index contributed by atoms with van der Waals surface area (Å²) in [6.45, 7) is 0.262. The molecule has 3 heteroatoms. The van der Waals surface area contributed by atoms with Crippen LogP contribution in [0.25, 0.3) is 0 Å². The molecule has 0 aromatic heterocycles. The van der Waals surface area contributed by atoms with Crippen molar-refractivity contribution in [1.29, 1.82) is 5.41 Å². The zero-order chi connectivity index (χ0) is 14.2. The van der Waals surface area contributed by atoms with Crippen LogP contribution in [0.3, 0.4) is 0 Å². The van der Waals surface area contributed by atoms with Gasteiger partial charge >= 0.3 is 5.97 Å². The van der Waals surface area contributed by atoms with E-state index in [1.54, 1.807) is 0 Å². The number of esters is 1. The van der Waals surface area contributed by atoms with E-state index in [0.29, 0.717) is 12.1 Å². The van der Waals surface area contributed by atoms with Crippen molar-refractivity contribution in [2.75, 3.05) is 0 Å². The standard InChI is InChI=1S/C17H17NO2/c18-16(11-14-7-3-1-4-8-14)12-17(19)20-13-15-9-5-2-6-10-15/h1-10,18H,11-13H2. The topological polar surface area (TPSA) is 50.2 Å². The second kappa shape index (κ2) is 7.24. The van der Waals surface area contributed by atoms with E-state index in [2.05, 4.69) is 0 Å². The quantitative estimate of drug-likeness (QED) is 0.644. The Balaban J connectivity index is 1.75. The normalized spacial score (nSPS) is 10.0. The molecule has 102 valence electrons. The van der Waals surface area contributed by atoms with Crippen molar-refractivity contribution in [1.82, 2.24) is 0 Å². The van der Waals surface area contributed by atoms with Gasteiger partial charge in [-0.25, -0.2) is 0 Å². The Labute approximate surface area is 118 Å². The number of carbonyl (C=O) groups is 1. The van der Waals surface area contributed by atoms with Gasteiger partial charge in [-0.1, -0.05) is 60.7 Å². The highest BCUT2D eigenvalue weighted by Gasteiger charge is 2.08. The molecule has 2 aromatic carbocycles. The second-order valence-electron chi connectivity index (χ2n) is 4.59. The molecule has 0 spiro atoms. The summed E-state index contributed by atoms with van der Waals surface area (Å²) in [5.41, 5.74) is 2.36. The van der Waals surface area contributed by atoms with Crippen LogP contribution in [0.2, 0.25) is 0 Å². The average molecular weight is 267 g/mol. The van der Waals surface area contributed by atoms with E-state index in [9.17, 15) is 4.79 Å². The maximum atomic E-state index is 11.7. The first-order valence-corrected chi connectivity index (χ1v) is 6.54. The third-order valence-electron chi connectivity index (χ3n) is 2.86. The SMILES string of the molecule is N=C(CC(=O)OCc1ccccc1)Cc1ccccc1. The molecule has 0 amide bonds. The van der Waals surface area contributed by atoms with Crippen LogP contribution in [0.1, 0.15) is 17.5 Å². The summed E-state index contributed by atoms with van der Waals surface area (Å²) in [6, 6.07) is 19.2. The molecule has 0 aliphatic rings. The largest absolute Gasteiger partial charge is 0.461 e. The number of ether oxygens (including phenoxy) is 1. The molecule has 0 aliphatic carbocycles. The van der Waals surface area contributed by atoms with E-state index in [1.807, 2.05) is 60.7 Å². The summed E-state index contributed by atoms with van der Waals surface area (Å²) in [7, 11) is 0. The van der Waals surface area contributed by atoms with Gasteiger partial charge in [0.1, 0.15) is 6.61 Å². The molecule has 0 fully saturated rings. The van der Waals surface area contributed by atoms with Gasteiger partial charge in [0.05, 0.1) is 6.42 Å². The van der Waals surface area contributed by atoms with E-state index in [1.165, 1.54) is 0 Å². The minimum absolute atomic E-state index is 0.0434. The lowest BCUT2D eigenvalue weighted by molar-refractivity contribution is -0.143. The number of carbonyl (C=O) groups excluding carboxylic acids is 1. The summed E-state index contributed by atoms with van der Waals surface area (Å²) in [5.74, 6) is -0.352. The van der Waals surface area contributed by atoms with Crippen LogP contribution in [0.5, 0.6) is 0 Å². The van der Waals surface area contributed by atoms with Gasteiger partial charge in [-0.15, -0.1) is 0 Å². The summed E-state index contributed by atoms with van der Waals surface area (Å²) < 4.78 is 5.16. The van der Waals surface area contributed by atoms with Gasteiger partial charge in [0.25, 0.3) is 0 Å².